The Morgan fingerprint density at radius 2 is 1.75 bits per heavy atom. The van der Waals surface area contributed by atoms with Crippen molar-refractivity contribution in [3.63, 3.8) is 0 Å². The van der Waals surface area contributed by atoms with Crippen LogP contribution >= 0.6 is 0 Å². The molecule has 0 aliphatic heterocycles. The van der Waals surface area contributed by atoms with E-state index in [2.05, 4.69) is 36.5 Å². The van der Waals surface area contributed by atoms with Crippen LogP contribution in [0.3, 0.4) is 0 Å². The summed E-state index contributed by atoms with van der Waals surface area (Å²) in [5, 5.41) is 3.67. The fourth-order valence-electron chi connectivity index (χ4n) is 3.04. The highest BCUT2D eigenvalue weighted by Gasteiger charge is 2.19. The van der Waals surface area contributed by atoms with Gasteiger partial charge < -0.3 is 5.32 Å². The summed E-state index contributed by atoms with van der Waals surface area (Å²) >= 11 is 0. The summed E-state index contributed by atoms with van der Waals surface area (Å²) < 4.78 is 13.0. The lowest BCUT2D eigenvalue weighted by atomic mass is 9.88. The van der Waals surface area contributed by atoms with E-state index in [1.807, 2.05) is 12.1 Å². The highest BCUT2D eigenvalue weighted by atomic mass is 19.1. The number of hydrogen-bond acceptors (Lipinski definition) is 1. The van der Waals surface area contributed by atoms with Crippen molar-refractivity contribution >= 4 is 0 Å². The second-order valence-corrected chi connectivity index (χ2v) is 5.65. The topological polar surface area (TPSA) is 12.0 Å². The van der Waals surface area contributed by atoms with E-state index in [9.17, 15) is 4.39 Å². The first-order valence-electron chi connectivity index (χ1n) is 7.30. The van der Waals surface area contributed by atoms with Crippen LogP contribution in [-0.2, 0) is 12.8 Å². The lowest BCUT2D eigenvalue weighted by Crippen LogP contribution is -2.36. The third-order valence-corrected chi connectivity index (χ3v) is 4.20. The van der Waals surface area contributed by atoms with E-state index in [4.69, 9.17) is 0 Å². The highest BCUT2D eigenvalue weighted by molar-refractivity contribution is 5.30. The van der Waals surface area contributed by atoms with Crippen molar-refractivity contribution in [2.24, 2.45) is 0 Å². The molecule has 20 heavy (non-hydrogen) atoms. The summed E-state index contributed by atoms with van der Waals surface area (Å²) in [7, 11) is 0. The molecule has 1 aliphatic rings. The standard InChI is InChI=1S/C18H20FN/c1-13(14-6-9-17(19)10-7-14)20-18-11-8-15-4-2-3-5-16(15)12-18/h2-7,9-10,13,18,20H,8,11-12H2,1H3/t13-,18?/m1/s1. The Hall–Kier alpha value is -1.67. The van der Waals surface area contributed by atoms with Crippen molar-refractivity contribution in [1.29, 1.82) is 0 Å². The average molecular weight is 269 g/mol. The Bertz CT molecular complexity index is 576. The summed E-state index contributed by atoms with van der Waals surface area (Å²) in [6, 6.07) is 16.2. The molecule has 0 spiro atoms. The number of rotatable bonds is 3. The molecule has 0 fully saturated rings. The third-order valence-electron chi connectivity index (χ3n) is 4.20. The highest BCUT2D eigenvalue weighted by Crippen LogP contribution is 2.23. The van der Waals surface area contributed by atoms with E-state index in [-0.39, 0.29) is 11.9 Å². The number of aryl methyl sites for hydroxylation is 1. The number of hydrogen-bond donors (Lipinski definition) is 1. The molecule has 3 rings (SSSR count). The second kappa shape index (κ2) is 5.76. The maximum atomic E-state index is 13.0. The van der Waals surface area contributed by atoms with Crippen molar-refractivity contribution in [3.05, 3.63) is 71.0 Å². The SMILES string of the molecule is C[C@@H](NC1CCc2ccccc2C1)c1ccc(F)cc1. The second-order valence-electron chi connectivity index (χ2n) is 5.65. The first-order valence-corrected chi connectivity index (χ1v) is 7.30. The van der Waals surface area contributed by atoms with Crippen LogP contribution in [0, 0.1) is 5.82 Å². The van der Waals surface area contributed by atoms with Crippen LogP contribution in [0.5, 0.6) is 0 Å². The maximum Gasteiger partial charge on any atom is 0.123 e. The van der Waals surface area contributed by atoms with Gasteiger partial charge in [-0.05, 0) is 55.0 Å². The van der Waals surface area contributed by atoms with Crippen LogP contribution in [0.4, 0.5) is 4.39 Å². The van der Waals surface area contributed by atoms with Gasteiger partial charge in [-0.1, -0.05) is 36.4 Å². The molecule has 0 saturated carbocycles. The zero-order valence-corrected chi connectivity index (χ0v) is 11.8. The van der Waals surface area contributed by atoms with Crippen LogP contribution in [0.1, 0.15) is 36.1 Å². The maximum absolute atomic E-state index is 13.0. The van der Waals surface area contributed by atoms with Crippen molar-refractivity contribution in [2.75, 3.05) is 0 Å². The molecule has 2 atom stereocenters. The fourth-order valence-corrected chi connectivity index (χ4v) is 3.04. The van der Waals surface area contributed by atoms with Crippen LogP contribution in [0.15, 0.2) is 48.5 Å². The molecule has 0 bridgehead atoms. The van der Waals surface area contributed by atoms with Gasteiger partial charge in [-0.15, -0.1) is 0 Å². The van der Waals surface area contributed by atoms with Gasteiger partial charge >= 0.3 is 0 Å². The minimum absolute atomic E-state index is 0.174. The lowest BCUT2D eigenvalue weighted by Gasteiger charge is -2.28. The van der Waals surface area contributed by atoms with Gasteiger partial charge in [-0.25, -0.2) is 4.39 Å². The molecular weight excluding hydrogens is 249 g/mol. The molecule has 2 heteroatoms. The van der Waals surface area contributed by atoms with E-state index in [0.29, 0.717) is 6.04 Å². The quantitative estimate of drug-likeness (QED) is 0.887. The molecule has 2 aromatic carbocycles. The van der Waals surface area contributed by atoms with E-state index < -0.39 is 0 Å². The molecule has 2 aromatic rings. The summed E-state index contributed by atoms with van der Waals surface area (Å²) in [6.07, 6.45) is 3.40. The Balaban J connectivity index is 1.66. The normalized spacial score (nSPS) is 19.4. The largest absolute Gasteiger partial charge is 0.307 e. The molecule has 0 radical (unpaired) electrons. The molecular formula is C18H20FN. The van der Waals surface area contributed by atoms with E-state index >= 15 is 0 Å². The monoisotopic (exact) mass is 269 g/mol. The molecule has 1 unspecified atom stereocenters. The minimum Gasteiger partial charge on any atom is -0.307 e. The van der Waals surface area contributed by atoms with E-state index in [1.54, 1.807) is 0 Å². The zero-order chi connectivity index (χ0) is 13.9. The van der Waals surface area contributed by atoms with Gasteiger partial charge in [0.25, 0.3) is 0 Å². The fraction of sp³-hybridized carbons (Fsp3) is 0.333. The Morgan fingerprint density at radius 3 is 2.50 bits per heavy atom. The number of nitrogens with one attached hydrogen (secondary N) is 1. The minimum atomic E-state index is -0.174. The molecule has 0 amide bonds. The summed E-state index contributed by atoms with van der Waals surface area (Å²) in [5.74, 6) is -0.174. The van der Waals surface area contributed by atoms with Gasteiger partial charge in [0.2, 0.25) is 0 Å². The summed E-state index contributed by atoms with van der Waals surface area (Å²) in [4.78, 5) is 0. The Labute approximate surface area is 119 Å². The van der Waals surface area contributed by atoms with Crippen molar-refractivity contribution in [3.8, 4) is 0 Å². The third kappa shape index (κ3) is 2.91. The van der Waals surface area contributed by atoms with Crippen molar-refractivity contribution in [1.82, 2.24) is 5.32 Å². The first kappa shape index (κ1) is 13.3. The van der Waals surface area contributed by atoms with Crippen molar-refractivity contribution in [2.45, 2.75) is 38.3 Å². The average Bonchev–Trinajstić information content (AvgIpc) is 2.48. The van der Waals surface area contributed by atoms with Gasteiger partial charge in [0, 0.05) is 12.1 Å². The van der Waals surface area contributed by atoms with E-state index in [0.717, 1.165) is 18.4 Å². The Kier molecular flexibility index (Phi) is 3.83. The smallest absolute Gasteiger partial charge is 0.123 e. The van der Waals surface area contributed by atoms with Gasteiger partial charge in [0.1, 0.15) is 5.82 Å². The molecule has 1 N–H and O–H groups in total. The molecule has 0 heterocycles. The first-order chi connectivity index (χ1) is 9.72. The predicted octanol–water partition coefficient (Wildman–Crippen LogP) is 4.03. The predicted molar refractivity (Wildman–Crippen MR) is 80.2 cm³/mol. The van der Waals surface area contributed by atoms with Gasteiger partial charge in [0.15, 0.2) is 0 Å². The number of halogens is 1. The van der Waals surface area contributed by atoms with Crippen LogP contribution in [0.25, 0.3) is 0 Å². The molecule has 1 aliphatic carbocycles. The molecule has 1 nitrogen and oxygen atoms in total. The summed E-state index contributed by atoms with van der Waals surface area (Å²) in [6.45, 7) is 2.15. The van der Waals surface area contributed by atoms with Crippen molar-refractivity contribution < 1.29 is 4.39 Å². The lowest BCUT2D eigenvalue weighted by molar-refractivity contribution is 0.413. The van der Waals surface area contributed by atoms with Gasteiger partial charge in [0.05, 0.1) is 0 Å². The van der Waals surface area contributed by atoms with E-state index in [1.165, 1.54) is 29.7 Å². The van der Waals surface area contributed by atoms with Crippen LogP contribution < -0.4 is 5.32 Å². The van der Waals surface area contributed by atoms with Crippen LogP contribution in [-0.4, -0.2) is 6.04 Å². The van der Waals surface area contributed by atoms with Gasteiger partial charge in [-0.2, -0.15) is 0 Å². The van der Waals surface area contributed by atoms with Gasteiger partial charge in [-0.3, -0.25) is 0 Å². The Morgan fingerprint density at radius 1 is 1.05 bits per heavy atom. The number of fused-ring (bicyclic) bond motifs is 1. The summed E-state index contributed by atoms with van der Waals surface area (Å²) in [5.41, 5.74) is 4.09. The number of benzene rings is 2. The van der Waals surface area contributed by atoms with Crippen LogP contribution in [0.2, 0.25) is 0 Å². The zero-order valence-electron chi connectivity index (χ0n) is 11.8. The molecule has 0 saturated heterocycles. The molecule has 0 aromatic heterocycles. The molecule has 104 valence electrons.